The lowest BCUT2D eigenvalue weighted by atomic mass is 10.0. The van der Waals surface area contributed by atoms with Gasteiger partial charge in [0.15, 0.2) is 0 Å². The van der Waals surface area contributed by atoms with Crippen LogP contribution in [0.5, 0.6) is 0 Å². The molecule has 0 aliphatic heterocycles. The molecule has 170 valence electrons. The lowest BCUT2D eigenvalue weighted by Gasteiger charge is -2.04. The molecule has 2 N–H and O–H groups in total. The van der Waals surface area contributed by atoms with Crippen LogP contribution >= 0.6 is 0 Å². The zero-order valence-corrected chi connectivity index (χ0v) is 19.8. The van der Waals surface area contributed by atoms with Gasteiger partial charge in [-0.25, -0.2) is 26.3 Å². The van der Waals surface area contributed by atoms with E-state index in [1.807, 2.05) is 0 Å². The minimum absolute atomic E-state index is 0.569. The monoisotopic (exact) mass is 440 g/mol. The van der Waals surface area contributed by atoms with Crippen LogP contribution in [0, 0.1) is 0 Å². The van der Waals surface area contributed by atoms with Crippen molar-refractivity contribution in [2.45, 2.75) is 103 Å². The minimum atomic E-state index is -3.02. The van der Waals surface area contributed by atoms with E-state index in [1.54, 1.807) is 0 Å². The van der Waals surface area contributed by atoms with Crippen molar-refractivity contribution >= 4 is 20.0 Å². The predicted octanol–water partition coefficient (Wildman–Crippen LogP) is 4.33. The van der Waals surface area contributed by atoms with Crippen LogP contribution in [0.15, 0.2) is 0 Å². The van der Waals surface area contributed by atoms with Crippen LogP contribution in [0.4, 0.5) is 0 Å². The summed E-state index contributed by atoms with van der Waals surface area (Å²) in [6, 6.07) is 0. The van der Waals surface area contributed by atoms with E-state index >= 15 is 0 Å². The molecule has 0 unspecified atom stereocenters. The van der Waals surface area contributed by atoms with E-state index in [0.29, 0.717) is 13.1 Å². The first-order valence-corrected chi connectivity index (χ1v) is 14.9. The fourth-order valence-corrected chi connectivity index (χ4v) is 4.27. The van der Waals surface area contributed by atoms with Crippen molar-refractivity contribution in [2.75, 3.05) is 25.6 Å². The van der Waals surface area contributed by atoms with E-state index < -0.39 is 20.0 Å². The molecule has 0 radical (unpaired) electrons. The van der Waals surface area contributed by atoms with Gasteiger partial charge < -0.3 is 0 Å². The van der Waals surface area contributed by atoms with Gasteiger partial charge in [0.2, 0.25) is 20.0 Å². The Morgan fingerprint density at radius 1 is 0.393 bits per heavy atom. The Morgan fingerprint density at radius 3 is 0.750 bits per heavy atom. The van der Waals surface area contributed by atoms with Crippen molar-refractivity contribution in [1.29, 1.82) is 0 Å². The molecule has 0 aliphatic rings. The smallest absolute Gasteiger partial charge is 0.208 e. The maximum absolute atomic E-state index is 10.9. The molecule has 0 aromatic heterocycles. The van der Waals surface area contributed by atoms with Gasteiger partial charge in [0.1, 0.15) is 0 Å². The van der Waals surface area contributed by atoms with Gasteiger partial charge in [-0.15, -0.1) is 0 Å². The number of rotatable bonds is 21. The molecule has 6 nitrogen and oxygen atoms in total. The molecule has 0 rings (SSSR count). The number of sulfonamides is 2. The van der Waals surface area contributed by atoms with E-state index in [-0.39, 0.29) is 0 Å². The summed E-state index contributed by atoms with van der Waals surface area (Å²) in [6.45, 7) is 1.14. The molecule has 0 aliphatic carbocycles. The van der Waals surface area contributed by atoms with Gasteiger partial charge >= 0.3 is 0 Å². The normalized spacial score (nSPS) is 12.5. The van der Waals surface area contributed by atoms with Crippen molar-refractivity contribution in [2.24, 2.45) is 0 Å². The number of hydrogen-bond donors (Lipinski definition) is 2. The van der Waals surface area contributed by atoms with Crippen LogP contribution in [-0.4, -0.2) is 42.4 Å². The number of nitrogens with one attached hydrogen (secondary N) is 2. The highest BCUT2D eigenvalue weighted by Gasteiger charge is 2.00. The third-order valence-corrected chi connectivity index (χ3v) is 6.29. The van der Waals surface area contributed by atoms with Crippen LogP contribution in [-0.2, 0) is 20.0 Å². The standard InChI is InChI=1S/C20H44N2O4S2/c1-27(23,24)21-19-17-15-13-11-9-7-5-3-4-6-8-10-12-14-16-18-20-22-28(2,25)26/h21-22H,3-20H2,1-2H3. The highest BCUT2D eigenvalue weighted by atomic mass is 32.2. The van der Waals surface area contributed by atoms with Crippen LogP contribution in [0.3, 0.4) is 0 Å². The molecule has 0 amide bonds. The highest BCUT2D eigenvalue weighted by Crippen LogP contribution is 2.13. The van der Waals surface area contributed by atoms with Crippen LogP contribution in [0.25, 0.3) is 0 Å². The average Bonchev–Trinajstić information content (AvgIpc) is 2.58. The molecule has 0 saturated heterocycles. The van der Waals surface area contributed by atoms with Crippen LogP contribution < -0.4 is 9.44 Å². The third-order valence-electron chi connectivity index (χ3n) is 4.83. The first-order chi connectivity index (χ1) is 13.2. The molecule has 0 aromatic rings. The first kappa shape index (κ1) is 27.8. The van der Waals surface area contributed by atoms with Crippen molar-refractivity contribution < 1.29 is 16.8 Å². The predicted molar refractivity (Wildman–Crippen MR) is 120 cm³/mol. The van der Waals surface area contributed by atoms with Crippen LogP contribution in [0.2, 0.25) is 0 Å². The van der Waals surface area contributed by atoms with Gasteiger partial charge in [0.25, 0.3) is 0 Å². The number of hydrogen-bond acceptors (Lipinski definition) is 4. The molecule has 0 heterocycles. The quantitative estimate of drug-likeness (QED) is 0.260. The van der Waals surface area contributed by atoms with E-state index in [4.69, 9.17) is 0 Å². The first-order valence-electron chi connectivity index (χ1n) is 11.1. The highest BCUT2D eigenvalue weighted by molar-refractivity contribution is 7.89. The maximum atomic E-state index is 10.9. The average molecular weight is 441 g/mol. The zero-order valence-electron chi connectivity index (χ0n) is 18.2. The van der Waals surface area contributed by atoms with E-state index in [1.165, 1.54) is 89.6 Å². The topological polar surface area (TPSA) is 92.3 Å². The van der Waals surface area contributed by atoms with Gasteiger partial charge in [-0.2, -0.15) is 0 Å². The summed E-state index contributed by atoms with van der Waals surface area (Å²) < 4.78 is 48.7. The summed E-state index contributed by atoms with van der Waals surface area (Å²) in [7, 11) is -6.04. The molecule has 0 spiro atoms. The summed E-state index contributed by atoms with van der Waals surface area (Å²) in [5, 5.41) is 0. The summed E-state index contributed by atoms with van der Waals surface area (Å²) in [5.41, 5.74) is 0. The Balaban J connectivity index is 3.10. The second-order valence-electron chi connectivity index (χ2n) is 7.99. The van der Waals surface area contributed by atoms with Gasteiger partial charge in [0.05, 0.1) is 12.5 Å². The summed E-state index contributed by atoms with van der Waals surface area (Å²) in [6.07, 6.45) is 22.0. The number of unbranched alkanes of at least 4 members (excludes halogenated alkanes) is 15. The molecule has 8 heteroatoms. The van der Waals surface area contributed by atoms with Gasteiger partial charge in [-0.05, 0) is 12.8 Å². The molecular formula is C20H44N2O4S2. The van der Waals surface area contributed by atoms with Crippen molar-refractivity contribution in [3.05, 3.63) is 0 Å². The summed E-state index contributed by atoms with van der Waals surface area (Å²) in [5.74, 6) is 0. The molecule has 0 bridgehead atoms. The second kappa shape index (κ2) is 17.7. The second-order valence-corrected chi connectivity index (χ2v) is 11.7. The molecule has 28 heavy (non-hydrogen) atoms. The molecule has 0 atom stereocenters. The molecule has 0 saturated carbocycles. The third kappa shape index (κ3) is 25.8. The minimum Gasteiger partial charge on any atom is -0.215 e. The van der Waals surface area contributed by atoms with E-state index in [2.05, 4.69) is 9.44 Å². The van der Waals surface area contributed by atoms with Gasteiger partial charge in [-0.1, -0.05) is 89.9 Å². The Hall–Kier alpha value is -0.180. The fraction of sp³-hybridized carbons (Fsp3) is 1.00. The maximum Gasteiger partial charge on any atom is 0.208 e. The Labute approximate surface area is 174 Å². The summed E-state index contributed by atoms with van der Waals surface area (Å²) >= 11 is 0. The van der Waals surface area contributed by atoms with E-state index in [0.717, 1.165) is 25.7 Å². The largest absolute Gasteiger partial charge is 0.215 e. The Morgan fingerprint density at radius 2 is 0.571 bits per heavy atom. The zero-order chi connectivity index (χ0) is 21.1. The van der Waals surface area contributed by atoms with Crippen molar-refractivity contribution in [1.82, 2.24) is 9.44 Å². The molecular weight excluding hydrogens is 396 g/mol. The SMILES string of the molecule is CS(=O)(=O)NCCCCCCCCCCCCCCCCCCNS(C)(=O)=O. The Kier molecular flexibility index (Phi) is 17.5. The Bertz CT molecular complexity index is 499. The van der Waals surface area contributed by atoms with Crippen LogP contribution in [0.1, 0.15) is 103 Å². The molecule has 0 aromatic carbocycles. The summed E-state index contributed by atoms with van der Waals surface area (Å²) in [4.78, 5) is 0. The van der Waals surface area contributed by atoms with E-state index in [9.17, 15) is 16.8 Å². The van der Waals surface area contributed by atoms with Gasteiger partial charge in [0, 0.05) is 13.1 Å². The molecule has 0 fully saturated rings. The lowest BCUT2D eigenvalue weighted by molar-refractivity contribution is 0.525. The van der Waals surface area contributed by atoms with Gasteiger partial charge in [-0.3, -0.25) is 0 Å². The van der Waals surface area contributed by atoms with Crippen molar-refractivity contribution in [3.63, 3.8) is 0 Å². The van der Waals surface area contributed by atoms with Crippen molar-refractivity contribution in [3.8, 4) is 0 Å². The lowest BCUT2D eigenvalue weighted by Crippen LogP contribution is -2.22. The fourth-order valence-electron chi connectivity index (χ4n) is 3.24.